The molecule has 15 heavy (non-hydrogen) atoms. The summed E-state index contributed by atoms with van der Waals surface area (Å²) < 4.78 is 12.8. The van der Waals surface area contributed by atoms with Gasteiger partial charge in [0.25, 0.3) is 0 Å². The number of nitrogen functional groups attached to an aromatic ring is 1. The van der Waals surface area contributed by atoms with Gasteiger partial charge in [0, 0.05) is 5.56 Å². The Morgan fingerprint density at radius 2 is 2.20 bits per heavy atom. The zero-order valence-corrected chi connectivity index (χ0v) is 7.59. The van der Waals surface area contributed by atoms with E-state index in [0.29, 0.717) is 0 Å². The molecule has 3 N–H and O–H groups in total. The molecular weight excluding hydrogens is 232 g/mol. The van der Waals surface area contributed by atoms with Crippen LogP contribution in [0.3, 0.4) is 0 Å². The predicted molar refractivity (Wildman–Crippen MR) is 56.9 cm³/mol. The van der Waals surface area contributed by atoms with Gasteiger partial charge in [0.1, 0.15) is 11.9 Å². The van der Waals surface area contributed by atoms with Crippen molar-refractivity contribution in [1.82, 2.24) is 0 Å². The van der Waals surface area contributed by atoms with Crippen molar-refractivity contribution >= 4 is 52.6 Å². The number of nitrogens with two attached hydrogens (primary N) is 1. The topological polar surface area (TPSA) is 82.4 Å². The molecule has 0 aliphatic rings. The van der Waals surface area contributed by atoms with E-state index in [9.17, 15) is 4.39 Å². The van der Waals surface area contributed by atoms with E-state index in [1.54, 1.807) is 6.07 Å². The fourth-order valence-electron chi connectivity index (χ4n) is 0.884. The molecule has 0 atom stereocenters. The average Bonchev–Trinajstić information content (AvgIpc) is 2.15. The third-order valence-electron chi connectivity index (χ3n) is 1.55. The van der Waals surface area contributed by atoms with E-state index in [2.05, 4.69) is 5.16 Å². The van der Waals surface area contributed by atoms with E-state index in [1.807, 2.05) is 0 Å². The average molecular weight is 238 g/mol. The molecule has 0 bridgehead atoms. The van der Waals surface area contributed by atoms with Crippen LogP contribution in [0.1, 0.15) is 5.56 Å². The van der Waals surface area contributed by atoms with Gasteiger partial charge < -0.3 is 10.9 Å². The van der Waals surface area contributed by atoms with Crippen LogP contribution in [0.25, 0.3) is 0 Å². The molecule has 4 nitrogen and oxygen atoms in total. The number of anilines is 1. The molecule has 0 aliphatic carbocycles. The molecule has 7 heteroatoms. The SMILES string of the molecule is N#CC(=NO)c1cc(N)c(F)cc1Cl.[NaH]. The third kappa shape index (κ3) is 3.08. The Morgan fingerprint density at radius 1 is 1.60 bits per heavy atom. The molecule has 74 valence electrons. The van der Waals surface area contributed by atoms with Gasteiger partial charge in [0.15, 0.2) is 5.71 Å². The summed E-state index contributed by atoms with van der Waals surface area (Å²) in [5, 5.41) is 19.6. The van der Waals surface area contributed by atoms with Gasteiger partial charge in [-0.05, 0) is 12.1 Å². The standard InChI is InChI=1S/C8H5ClFN3O.Na.H/c9-5-2-6(10)7(12)1-4(5)8(3-11)13-14;;/h1-2,14H,12H2;;. The van der Waals surface area contributed by atoms with Crippen molar-refractivity contribution in [3.8, 4) is 6.07 Å². The number of rotatable bonds is 1. The number of benzene rings is 1. The minimum absolute atomic E-state index is 0. The Morgan fingerprint density at radius 3 is 2.67 bits per heavy atom. The van der Waals surface area contributed by atoms with Crippen molar-refractivity contribution in [1.29, 1.82) is 5.26 Å². The number of nitrogens with zero attached hydrogens (tertiary/aromatic N) is 2. The predicted octanol–water partition coefficient (Wildman–Crippen LogP) is 1.11. The van der Waals surface area contributed by atoms with Crippen molar-refractivity contribution in [2.45, 2.75) is 0 Å². The van der Waals surface area contributed by atoms with Crippen molar-refractivity contribution in [2.24, 2.45) is 5.16 Å². The second-order valence-corrected chi connectivity index (χ2v) is 2.82. The molecule has 1 rings (SSSR count). The van der Waals surface area contributed by atoms with Gasteiger partial charge in [-0.25, -0.2) is 4.39 Å². The number of halogens is 2. The molecular formula is C8H6ClFN3NaO. The summed E-state index contributed by atoms with van der Waals surface area (Å²) in [6, 6.07) is 3.68. The first kappa shape index (κ1) is 14.2. The minimum atomic E-state index is -0.686. The second-order valence-electron chi connectivity index (χ2n) is 2.41. The monoisotopic (exact) mass is 237 g/mol. The molecule has 0 radical (unpaired) electrons. The molecule has 0 saturated heterocycles. The Hall–Kier alpha value is -0.800. The second kappa shape index (κ2) is 5.93. The first-order valence-corrected chi connectivity index (χ1v) is 3.85. The quantitative estimate of drug-likeness (QED) is 0.252. The van der Waals surface area contributed by atoms with Gasteiger partial charge in [-0.3, -0.25) is 0 Å². The van der Waals surface area contributed by atoms with E-state index in [4.69, 9.17) is 27.8 Å². The fraction of sp³-hybridized carbons (Fsp3) is 0. The number of hydrogen-bond acceptors (Lipinski definition) is 4. The van der Waals surface area contributed by atoms with Gasteiger partial charge in [-0.1, -0.05) is 16.8 Å². The first-order chi connectivity index (χ1) is 6.60. The first-order valence-electron chi connectivity index (χ1n) is 3.47. The van der Waals surface area contributed by atoms with Crippen LogP contribution >= 0.6 is 11.6 Å². The maximum absolute atomic E-state index is 12.8. The van der Waals surface area contributed by atoms with Gasteiger partial charge in [0.2, 0.25) is 0 Å². The van der Waals surface area contributed by atoms with Crippen LogP contribution in [0.4, 0.5) is 10.1 Å². The maximum atomic E-state index is 12.8. The van der Waals surface area contributed by atoms with Gasteiger partial charge >= 0.3 is 29.6 Å². The van der Waals surface area contributed by atoms with E-state index < -0.39 is 5.82 Å². The zero-order chi connectivity index (χ0) is 10.7. The van der Waals surface area contributed by atoms with Crippen molar-refractivity contribution in [3.63, 3.8) is 0 Å². The summed E-state index contributed by atoms with van der Waals surface area (Å²) in [5.74, 6) is -0.686. The Bertz CT molecular complexity index is 444. The van der Waals surface area contributed by atoms with Crippen LogP contribution in [0, 0.1) is 17.1 Å². The molecule has 0 amide bonds. The summed E-state index contributed by atoms with van der Waals surface area (Å²) in [6.07, 6.45) is 0. The normalized spacial score (nSPS) is 10.3. The van der Waals surface area contributed by atoms with Crippen LogP contribution in [0.5, 0.6) is 0 Å². The molecule has 0 spiro atoms. The fourth-order valence-corrected chi connectivity index (χ4v) is 1.12. The molecule has 0 fully saturated rings. The summed E-state index contributed by atoms with van der Waals surface area (Å²) in [6.45, 7) is 0. The number of nitriles is 1. The van der Waals surface area contributed by atoms with Crippen LogP contribution in [0.2, 0.25) is 5.02 Å². The Labute approximate surface area is 112 Å². The van der Waals surface area contributed by atoms with E-state index >= 15 is 0 Å². The van der Waals surface area contributed by atoms with Gasteiger partial charge in [-0.2, -0.15) is 5.26 Å². The number of oxime groups is 1. The molecule has 0 saturated carbocycles. The molecule has 0 aromatic heterocycles. The molecule has 0 unspecified atom stereocenters. The van der Waals surface area contributed by atoms with Crippen LogP contribution < -0.4 is 5.73 Å². The molecule has 1 aromatic rings. The van der Waals surface area contributed by atoms with E-state index in [1.165, 1.54) is 0 Å². The Balaban J connectivity index is 0.00000196. The van der Waals surface area contributed by atoms with Crippen LogP contribution in [0.15, 0.2) is 17.3 Å². The zero-order valence-electron chi connectivity index (χ0n) is 6.83. The van der Waals surface area contributed by atoms with Gasteiger partial charge in [-0.15, -0.1) is 0 Å². The summed E-state index contributed by atoms with van der Waals surface area (Å²) in [4.78, 5) is 0. The summed E-state index contributed by atoms with van der Waals surface area (Å²) in [5.41, 5.74) is 4.87. The molecule has 0 aliphatic heterocycles. The van der Waals surface area contributed by atoms with Crippen molar-refractivity contribution in [3.05, 3.63) is 28.5 Å². The van der Waals surface area contributed by atoms with E-state index in [0.717, 1.165) is 12.1 Å². The van der Waals surface area contributed by atoms with Gasteiger partial charge in [0.05, 0.1) is 10.7 Å². The molecule has 0 heterocycles. The van der Waals surface area contributed by atoms with Crippen molar-refractivity contribution in [2.75, 3.05) is 5.73 Å². The summed E-state index contributed by atoms with van der Waals surface area (Å²) >= 11 is 5.62. The van der Waals surface area contributed by atoms with E-state index in [-0.39, 0.29) is 51.5 Å². The number of hydrogen-bond donors (Lipinski definition) is 2. The summed E-state index contributed by atoms with van der Waals surface area (Å²) in [7, 11) is 0. The molecule has 1 aromatic carbocycles. The van der Waals surface area contributed by atoms with Crippen molar-refractivity contribution < 1.29 is 9.60 Å². The third-order valence-corrected chi connectivity index (χ3v) is 1.86. The van der Waals surface area contributed by atoms with Crippen LogP contribution in [-0.2, 0) is 0 Å². The Kier molecular flexibility index (Phi) is 5.61. The van der Waals surface area contributed by atoms with Crippen LogP contribution in [-0.4, -0.2) is 40.5 Å².